The van der Waals surface area contributed by atoms with Crippen LogP contribution < -0.4 is 10.9 Å². The Kier molecular flexibility index (Phi) is 3.66. The van der Waals surface area contributed by atoms with E-state index in [-0.39, 0.29) is 24.1 Å². The third kappa shape index (κ3) is 2.64. The quantitative estimate of drug-likeness (QED) is 0.814. The molecule has 1 atom stereocenters. The number of nitrogens with one attached hydrogen (secondary N) is 1. The highest BCUT2D eigenvalue weighted by Crippen LogP contribution is 2.05. The van der Waals surface area contributed by atoms with Crippen molar-refractivity contribution in [3.63, 3.8) is 0 Å². The minimum absolute atomic E-state index is 0.0684. The van der Waals surface area contributed by atoms with Crippen molar-refractivity contribution in [2.24, 2.45) is 0 Å². The molecule has 7 nitrogen and oxygen atoms in total. The third-order valence-electron chi connectivity index (χ3n) is 3.74. The molecule has 0 bridgehead atoms. The molecular weight excluding hydrogens is 270 g/mol. The number of aromatic nitrogens is 3. The molecule has 7 heteroatoms. The van der Waals surface area contributed by atoms with Crippen LogP contribution in [-0.2, 0) is 11.3 Å². The average Bonchev–Trinajstić information content (AvgIpc) is 2.51. The van der Waals surface area contributed by atoms with Crippen LogP contribution in [0.5, 0.6) is 0 Å². The number of piperazine rings is 1. The highest BCUT2D eigenvalue weighted by atomic mass is 16.2. The van der Waals surface area contributed by atoms with E-state index in [0.29, 0.717) is 17.4 Å². The maximum atomic E-state index is 12.3. The summed E-state index contributed by atoms with van der Waals surface area (Å²) in [6.45, 7) is 4.11. The van der Waals surface area contributed by atoms with Crippen molar-refractivity contribution in [3.05, 3.63) is 34.6 Å². The molecule has 1 aliphatic heterocycles. The molecule has 1 aromatic heterocycles. The number of hydrogen-bond acceptors (Lipinski definition) is 5. The Balaban J connectivity index is 1.86. The zero-order valence-corrected chi connectivity index (χ0v) is 11.8. The van der Waals surface area contributed by atoms with Crippen molar-refractivity contribution < 1.29 is 4.79 Å². The number of fused-ring (bicyclic) bond motifs is 1. The largest absolute Gasteiger partial charge is 0.336 e. The SMILES string of the molecule is C[C@H]1CNCCN1C(=O)Cn1nnc2ccccc2c1=O. The van der Waals surface area contributed by atoms with Gasteiger partial charge >= 0.3 is 0 Å². The van der Waals surface area contributed by atoms with E-state index in [4.69, 9.17) is 0 Å². The van der Waals surface area contributed by atoms with Crippen LogP contribution in [0, 0.1) is 0 Å². The topological polar surface area (TPSA) is 80.1 Å². The molecule has 1 aliphatic rings. The molecule has 1 aromatic carbocycles. The van der Waals surface area contributed by atoms with Crippen LogP contribution in [0.1, 0.15) is 6.92 Å². The fourth-order valence-corrected chi connectivity index (χ4v) is 2.56. The summed E-state index contributed by atoms with van der Waals surface area (Å²) in [5, 5.41) is 11.6. The number of rotatable bonds is 2. The summed E-state index contributed by atoms with van der Waals surface area (Å²) >= 11 is 0. The first-order valence-corrected chi connectivity index (χ1v) is 6.99. The van der Waals surface area contributed by atoms with Gasteiger partial charge in [-0.25, -0.2) is 4.68 Å². The maximum Gasteiger partial charge on any atom is 0.278 e. The van der Waals surface area contributed by atoms with Crippen molar-refractivity contribution in [1.82, 2.24) is 25.2 Å². The van der Waals surface area contributed by atoms with Crippen LogP contribution in [0.2, 0.25) is 0 Å². The van der Waals surface area contributed by atoms with E-state index >= 15 is 0 Å². The van der Waals surface area contributed by atoms with Gasteiger partial charge in [-0.15, -0.1) is 5.10 Å². The highest BCUT2D eigenvalue weighted by Gasteiger charge is 2.23. The molecule has 1 fully saturated rings. The van der Waals surface area contributed by atoms with Crippen molar-refractivity contribution in [1.29, 1.82) is 0 Å². The van der Waals surface area contributed by atoms with Gasteiger partial charge in [-0.1, -0.05) is 17.3 Å². The van der Waals surface area contributed by atoms with E-state index in [2.05, 4.69) is 15.6 Å². The first kappa shape index (κ1) is 13.7. The molecule has 1 saturated heterocycles. The molecule has 0 unspecified atom stereocenters. The van der Waals surface area contributed by atoms with E-state index in [1.807, 2.05) is 6.92 Å². The second-order valence-electron chi connectivity index (χ2n) is 5.21. The van der Waals surface area contributed by atoms with Gasteiger partial charge in [0.2, 0.25) is 5.91 Å². The molecular formula is C14H17N5O2. The second-order valence-corrected chi connectivity index (χ2v) is 5.21. The standard InChI is InChI=1S/C14H17N5O2/c1-10-8-15-6-7-18(10)13(20)9-19-14(21)11-4-2-3-5-12(11)16-17-19/h2-5,10,15H,6-9H2,1H3/t10-/m0/s1. The van der Waals surface area contributed by atoms with Crippen molar-refractivity contribution >= 4 is 16.8 Å². The third-order valence-corrected chi connectivity index (χ3v) is 3.74. The highest BCUT2D eigenvalue weighted by molar-refractivity contribution is 5.78. The Bertz CT molecular complexity index is 727. The van der Waals surface area contributed by atoms with Crippen molar-refractivity contribution in [2.45, 2.75) is 19.5 Å². The lowest BCUT2D eigenvalue weighted by Crippen LogP contribution is -2.53. The molecule has 0 saturated carbocycles. The summed E-state index contributed by atoms with van der Waals surface area (Å²) in [4.78, 5) is 26.4. The predicted octanol–water partition coefficient (Wildman–Crippen LogP) is -0.388. The van der Waals surface area contributed by atoms with Crippen LogP contribution >= 0.6 is 0 Å². The van der Waals surface area contributed by atoms with Crippen LogP contribution in [0.15, 0.2) is 29.1 Å². The summed E-state index contributed by atoms with van der Waals surface area (Å²) in [6, 6.07) is 7.12. The Morgan fingerprint density at radius 3 is 3.05 bits per heavy atom. The number of hydrogen-bond donors (Lipinski definition) is 1. The van der Waals surface area contributed by atoms with Gasteiger partial charge in [-0.2, -0.15) is 0 Å². The van der Waals surface area contributed by atoms with Gasteiger partial charge < -0.3 is 10.2 Å². The first-order valence-electron chi connectivity index (χ1n) is 6.99. The van der Waals surface area contributed by atoms with Crippen molar-refractivity contribution in [2.75, 3.05) is 19.6 Å². The van der Waals surface area contributed by atoms with Gasteiger partial charge in [0, 0.05) is 25.7 Å². The fraction of sp³-hybridized carbons (Fsp3) is 0.429. The Hall–Kier alpha value is -2.28. The predicted molar refractivity (Wildman–Crippen MR) is 77.8 cm³/mol. The van der Waals surface area contributed by atoms with E-state index in [9.17, 15) is 9.59 Å². The average molecular weight is 287 g/mol. The van der Waals surface area contributed by atoms with Crippen molar-refractivity contribution in [3.8, 4) is 0 Å². The van der Waals surface area contributed by atoms with Gasteiger partial charge in [0.15, 0.2) is 0 Å². The van der Waals surface area contributed by atoms with Gasteiger partial charge in [0.05, 0.1) is 5.39 Å². The molecule has 1 amide bonds. The molecule has 0 spiro atoms. The van der Waals surface area contributed by atoms with E-state index in [1.165, 1.54) is 0 Å². The molecule has 21 heavy (non-hydrogen) atoms. The summed E-state index contributed by atoms with van der Waals surface area (Å²) in [5.41, 5.74) is 0.262. The number of benzene rings is 1. The lowest BCUT2D eigenvalue weighted by molar-refractivity contribution is -0.134. The van der Waals surface area contributed by atoms with Crippen LogP contribution in [0.25, 0.3) is 10.9 Å². The monoisotopic (exact) mass is 287 g/mol. The summed E-state index contributed by atoms with van der Waals surface area (Å²) in [5.74, 6) is -0.101. The lowest BCUT2D eigenvalue weighted by atomic mass is 10.2. The lowest BCUT2D eigenvalue weighted by Gasteiger charge is -2.33. The number of amides is 1. The minimum atomic E-state index is -0.281. The minimum Gasteiger partial charge on any atom is -0.336 e. The van der Waals surface area contributed by atoms with E-state index < -0.39 is 0 Å². The molecule has 2 aromatic rings. The zero-order valence-electron chi connectivity index (χ0n) is 11.8. The molecule has 2 heterocycles. The molecule has 3 rings (SSSR count). The summed E-state index contributed by atoms with van der Waals surface area (Å²) in [7, 11) is 0. The zero-order chi connectivity index (χ0) is 14.8. The van der Waals surface area contributed by atoms with Gasteiger partial charge in [0.1, 0.15) is 12.1 Å². The van der Waals surface area contributed by atoms with Gasteiger partial charge in [0.25, 0.3) is 5.56 Å². The van der Waals surface area contributed by atoms with E-state index in [1.54, 1.807) is 29.2 Å². The molecule has 110 valence electrons. The Morgan fingerprint density at radius 2 is 2.24 bits per heavy atom. The Morgan fingerprint density at radius 1 is 1.43 bits per heavy atom. The fourth-order valence-electron chi connectivity index (χ4n) is 2.56. The summed E-state index contributed by atoms with van der Waals surface area (Å²) in [6.07, 6.45) is 0. The molecule has 1 N–H and O–H groups in total. The van der Waals surface area contributed by atoms with Gasteiger partial charge in [-0.05, 0) is 19.1 Å². The maximum absolute atomic E-state index is 12.3. The Labute approximate surface area is 121 Å². The van der Waals surface area contributed by atoms with Crippen LogP contribution in [0.3, 0.4) is 0 Å². The number of carbonyl (C=O) groups excluding carboxylic acids is 1. The number of nitrogens with zero attached hydrogens (tertiary/aromatic N) is 4. The van der Waals surface area contributed by atoms with Gasteiger partial charge in [-0.3, -0.25) is 9.59 Å². The normalized spacial score (nSPS) is 18.9. The smallest absolute Gasteiger partial charge is 0.278 e. The second kappa shape index (κ2) is 5.61. The van der Waals surface area contributed by atoms with Crippen LogP contribution in [-0.4, -0.2) is 51.5 Å². The summed E-state index contributed by atoms with van der Waals surface area (Å²) < 4.78 is 1.14. The first-order chi connectivity index (χ1) is 10.2. The number of carbonyl (C=O) groups is 1. The van der Waals surface area contributed by atoms with Crippen LogP contribution in [0.4, 0.5) is 0 Å². The molecule has 0 radical (unpaired) electrons. The molecule has 0 aliphatic carbocycles. The van der Waals surface area contributed by atoms with E-state index in [0.717, 1.165) is 17.8 Å².